The van der Waals surface area contributed by atoms with Gasteiger partial charge in [-0.25, -0.2) is 0 Å². The van der Waals surface area contributed by atoms with Crippen molar-refractivity contribution >= 4 is 0 Å². The minimum absolute atomic E-state index is 0.221. The Morgan fingerprint density at radius 3 is 2.69 bits per heavy atom. The zero-order valence-corrected chi connectivity index (χ0v) is 10.9. The Morgan fingerprint density at radius 2 is 2.19 bits per heavy atom. The van der Waals surface area contributed by atoms with Crippen LogP contribution in [0.2, 0.25) is 0 Å². The van der Waals surface area contributed by atoms with Gasteiger partial charge in [0, 0.05) is 38.8 Å². The average molecular weight is 226 g/mol. The van der Waals surface area contributed by atoms with E-state index >= 15 is 0 Å². The predicted octanol–water partition coefficient (Wildman–Crippen LogP) is 1.34. The molecule has 0 amide bonds. The molecular formula is C13H26N2O. The van der Waals surface area contributed by atoms with Crippen molar-refractivity contribution in [2.24, 2.45) is 0 Å². The van der Waals surface area contributed by atoms with Crippen molar-refractivity contribution in [1.82, 2.24) is 9.80 Å². The number of aliphatic hydroxyl groups is 1. The summed E-state index contributed by atoms with van der Waals surface area (Å²) >= 11 is 0. The van der Waals surface area contributed by atoms with Crippen molar-refractivity contribution in [2.45, 2.75) is 39.3 Å². The third-order valence-corrected chi connectivity index (χ3v) is 3.15. The summed E-state index contributed by atoms with van der Waals surface area (Å²) in [6.07, 6.45) is 0.932. The van der Waals surface area contributed by atoms with E-state index in [1.54, 1.807) is 0 Å². The van der Waals surface area contributed by atoms with Gasteiger partial charge in [0.05, 0.1) is 6.10 Å². The van der Waals surface area contributed by atoms with Gasteiger partial charge < -0.3 is 5.11 Å². The number of nitrogens with zero attached hydrogens (tertiary/aromatic N) is 2. The lowest BCUT2D eigenvalue weighted by molar-refractivity contribution is 0.0400. The summed E-state index contributed by atoms with van der Waals surface area (Å²) in [5.74, 6) is 0. The average Bonchev–Trinajstić information content (AvgIpc) is 2.18. The molecule has 1 rings (SSSR count). The summed E-state index contributed by atoms with van der Waals surface area (Å²) in [4.78, 5) is 4.88. The number of rotatable bonds is 5. The van der Waals surface area contributed by atoms with E-state index in [2.05, 4.69) is 30.2 Å². The van der Waals surface area contributed by atoms with Gasteiger partial charge in [-0.3, -0.25) is 9.80 Å². The first kappa shape index (κ1) is 13.7. The van der Waals surface area contributed by atoms with Crippen LogP contribution in [-0.2, 0) is 0 Å². The molecule has 0 bridgehead atoms. The van der Waals surface area contributed by atoms with Crippen LogP contribution in [0, 0.1) is 0 Å². The topological polar surface area (TPSA) is 26.7 Å². The maximum atomic E-state index is 9.46. The first-order valence-corrected chi connectivity index (χ1v) is 6.31. The molecule has 16 heavy (non-hydrogen) atoms. The van der Waals surface area contributed by atoms with E-state index in [0.29, 0.717) is 6.04 Å². The highest BCUT2D eigenvalue weighted by Gasteiger charge is 2.25. The van der Waals surface area contributed by atoms with E-state index < -0.39 is 0 Å². The summed E-state index contributed by atoms with van der Waals surface area (Å²) in [7, 11) is 0. The van der Waals surface area contributed by atoms with Gasteiger partial charge in [0.25, 0.3) is 0 Å². The fraction of sp³-hybridized carbons (Fsp3) is 0.846. The van der Waals surface area contributed by atoms with Crippen molar-refractivity contribution in [2.75, 3.05) is 32.7 Å². The summed E-state index contributed by atoms with van der Waals surface area (Å²) in [5, 5.41) is 9.46. The van der Waals surface area contributed by atoms with Gasteiger partial charge in [0.15, 0.2) is 0 Å². The number of β-amino-alcohol motifs (C(OH)–C–C–N with tert-alkyl or cyclic N) is 1. The molecule has 0 unspecified atom stereocenters. The number of hydrogen-bond donors (Lipinski definition) is 1. The minimum Gasteiger partial charge on any atom is -0.392 e. The molecule has 3 nitrogen and oxygen atoms in total. The molecule has 0 aromatic rings. The van der Waals surface area contributed by atoms with E-state index in [4.69, 9.17) is 0 Å². The van der Waals surface area contributed by atoms with E-state index in [1.165, 1.54) is 5.57 Å². The lowest BCUT2D eigenvalue weighted by atomic mass is 10.1. The molecule has 2 atom stereocenters. The fourth-order valence-electron chi connectivity index (χ4n) is 2.45. The third kappa shape index (κ3) is 4.24. The Morgan fingerprint density at radius 1 is 1.50 bits per heavy atom. The second-order valence-corrected chi connectivity index (χ2v) is 5.10. The molecule has 1 N–H and O–H groups in total. The van der Waals surface area contributed by atoms with Crippen LogP contribution in [0.25, 0.3) is 0 Å². The SMILES string of the molecule is C=C(C)CN1CCN(C[C@H](C)O)[C@H](CC)C1. The molecular weight excluding hydrogens is 200 g/mol. The largest absolute Gasteiger partial charge is 0.392 e. The predicted molar refractivity (Wildman–Crippen MR) is 68.6 cm³/mol. The number of hydrogen-bond acceptors (Lipinski definition) is 3. The summed E-state index contributed by atoms with van der Waals surface area (Å²) < 4.78 is 0. The van der Waals surface area contributed by atoms with Crippen LogP contribution in [0.3, 0.4) is 0 Å². The van der Waals surface area contributed by atoms with Gasteiger partial charge in [-0.1, -0.05) is 19.1 Å². The monoisotopic (exact) mass is 226 g/mol. The molecule has 1 saturated heterocycles. The van der Waals surface area contributed by atoms with E-state index in [0.717, 1.165) is 39.1 Å². The van der Waals surface area contributed by atoms with Crippen LogP contribution in [0.5, 0.6) is 0 Å². The summed E-state index contributed by atoms with van der Waals surface area (Å²) in [5.41, 5.74) is 1.24. The van der Waals surface area contributed by atoms with Gasteiger partial charge >= 0.3 is 0 Å². The van der Waals surface area contributed by atoms with Crippen LogP contribution in [0.15, 0.2) is 12.2 Å². The zero-order valence-electron chi connectivity index (χ0n) is 10.9. The Kier molecular flexibility index (Phi) is 5.46. The molecule has 1 aliphatic rings. The lowest BCUT2D eigenvalue weighted by Gasteiger charge is -2.41. The maximum Gasteiger partial charge on any atom is 0.0639 e. The van der Waals surface area contributed by atoms with Crippen LogP contribution >= 0.6 is 0 Å². The molecule has 0 aromatic carbocycles. The van der Waals surface area contributed by atoms with Gasteiger partial charge in [0.1, 0.15) is 0 Å². The highest BCUT2D eigenvalue weighted by atomic mass is 16.3. The molecule has 0 saturated carbocycles. The standard InChI is InChI=1S/C13H26N2O/c1-5-13-10-14(8-11(2)3)6-7-15(13)9-12(4)16/h12-13,16H,2,5-10H2,1,3-4H3/t12-,13+/m0/s1. The number of piperazine rings is 1. The second-order valence-electron chi connectivity index (χ2n) is 5.10. The molecule has 0 aromatic heterocycles. The Labute approximate surface area is 99.7 Å². The summed E-state index contributed by atoms with van der Waals surface area (Å²) in [6, 6.07) is 0.586. The molecule has 0 aliphatic carbocycles. The Bertz CT molecular complexity index is 228. The van der Waals surface area contributed by atoms with Gasteiger partial charge in [0.2, 0.25) is 0 Å². The molecule has 1 heterocycles. The zero-order chi connectivity index (χ0) is 12.1. The van der Waals surface area contributed by atoms with Crippen molar-refractivity contribution in [3.63, 3.8) is 0 Å². The molecule has 0 spiro atoms. The van der Waals surface area contributed by atoms with Crippen LogP contribution < -0.4 is 0 Å². The first-order valence-electron chi connectivity index (χ1n) is 6.31. The lowest BCUT2D eigenvalue weighted by Crippen LogP contribution is -2.54. The smallest absolute Gasteiger partial charge is 0.0639 e. The van der Waals surface area contributed by atoms with Crippen molar-refractivity contribution in [3.05, 3.63) is 12.2 Å². The molecule has 1 fully saturated rings. The van der Waals surface area contributed by atoms with Crippen molar-refractivity contribution < 1.29 is 5.11 Å². The molecule has 94 valence electrons. The Hall–Kier alpha value is -0.380. The van der Waals surface area contributed by atoms with Gasteiger partial charge in [-0.2, -0.15) is 0 Å². The molecule has 0 radical (unpaired) electrons. The normalized spacial score (nSPS) is 25.6. The van der Waals surface area contributed by atoms with Crippen LogP contribution in [0.4, 0.5) is 0 Å². The van der Waals surface area contributed by atoms with Crippen molar-refractivity contribution in [3.8, 4) is 0 Å². The van der Waals surface area contributed by atoms with Crippen LogP contribution in [-0.4, -0.2) is 59.8 Å². The van der Waals surface area contributed by atoms with E-state index in [-0.39, 0.29) is 6.10 Å². The quantitative estimate of drug-likeness (QED) is 0.717. The van der Waals surface area contributed by atoms with Gasteiger partial charge in [-0.15, -0.1) is 0 Å². The highest BCUT2D eigenvalue weighted by molar-refractivity contribution is 4.94. The molecule has 1 aliphatic heterocycles. The fourth-order valence-corrected chi connectivity index (χ4v) is 2.45. The minimum atomic E-state index is -0.221. The second kappa shape index (κ2) is 6.38. The molecule has 3 heteroatoms. The van der Waals surface area contributed by atoms with E-state index in [9.17, 15) is 5.11 Å². The van der Waals surface area contributed by atoms with Crippen LogP contribution in [0.1, 0.15) is 27.2 Å². The maximum absolute atomic E-state index is 9.46. The third-order valence-electron chi connectivity index (χ3n) is 3.15. The van der Waals surface area contributed by atoms with Gasteiger partial charge in [-0.05, 0) is 20.3 Å². The highest BCUT2D eigenvalue weighted by Crippen LogP contribution is 2.14. The Balaban J connectivity index is 2.46. The number of aliphatic hydroxyl groups excluding tert-OH is 1. The first-order chi connectivity index (χ1) is 7.52. The van der Waals surface area contributed by atoms with Crippen molar-refractivity contribution in [1.29, 1.82) is 0 Å². The van der Waals surface area contributed by atoms with E-state index in [1.807, 2.05) is 6.92 Å². The summed E-state index contributed by atoms with van der Waals surface area (Å²) in [6.45, 7) is 15.2.